The van der Waals surface area contributed by atoms with E-state index >= 15 is 0 Å². The molecule has 132 valence electrons. The second-order valence-corrected chi connectivity index (χ2v) is 6.60. The summed E-state index contributed by atoms with van der Waals surface area (Å²) >= 11 is 0. The molecule has 1 aromatic heterocycles. The van der Waals surface area contributed by atoms with Crippen molar-refractivity contribution in [2.75, 3.05) is 16.8 Å². The lowest BCUT2D eigenvalue weighted by Crippen LogP contribution is -2.30. The lowest BCUT2D eigenvalue weighted by molar-refractivity contribution is -0.124. The number of hydrogen-bond donors (Lipinski definition) is 1. The van der Waals surface area contributed by atoms with Crippen molar-refractivity contribution in [2.45, 2.75) is 45.4 Å². The molecule has 0 bridgehead atoms. The van der Waals surface area contributed by atoms with Crippen molar-refractivity contribution < 1.29 is 9.53 Å². The van der Waals surface area contributed by atoms with E-state index in [1.807, 2.05) is 24.4 Å². The van der Waals surface area contributed by atoms with Crippen LogP contribution in [0.15, 0.2) is 48.7 Å². The first-order valence-electron chi connectivity index (χ1n) is 8.82. The van der Waals surface area contributed by atoms with Gasteiger partial charge in [0.15, 0.2) is 0 Å². The third-order valence-corrected chi connectivity index (χ3v) is 4.37. The van der Waals surface area contributed by atoms with Crippen LogP contribution >= 0.6 is 0 Å². The van der Waals surface area contributed by atoms with Gasteiger partial charge in [-0.1, -0.05) is 30.3 Å². The van der Waals surface area contributed by atoms with Crippen LogP contribution in [-0.2, 0) is 16.1 Å². The van der Waals surface area contributed by atoms with Crippen LogP contribution in [0, 0.1) is 0 Å². The van der Waals surface area contributed by atoms with E-state index in [1.54, 1.807) is 0 Å². The third kappa shape index (κ3) is 4.57. The Bertz CT molecular complexity index is 680. The number of aromatic nitrogens is 1. The first kappa shape index (κ1) is 17.4. The fraction of sp³-hybridized carbons (Fsp3) is 0.400. The van der Waals surface area contributed by atoms with Crippen LogP contribution in [0.5, 0.6) is 0 Å². The molecule has 1 saturated heterocycles. The predicted octanol–water partition coefficient (Wildman–Crippen LogP) is 3.61. The lowest BCUT2D eigenvalue weighted by Gasteiger charge is -2.29. The Morgan fingerprint density at radius 3 is 2.68 bits per heavy atom. The molecule has 3 rings (SSSR count). The molecule has 0 radical (unpaired) electrons. The smallest absolute Gasteiger partial charge is 0.254 e. The average Bonchev–Trinajstić information content (AvgIpc) is 3.16. The Morgan fingerprint density at radius 2 is 2.08 bits per heavy atom. The van der Waals surface area contributed by atoms with Crippen LogP contribution < -0.4 is 10.2 Å². The first-order valence-corrected chi connectivity index (χ1v) is 8.82. The molecule has 1 aliphatic rings. The molecule has 5 nitrogen and oxygen atoms in total. The van der Waals surface area contributed by atoms with Gasteiger partial charge in [0, 0.05) is 19.2 Å². The minimum Gasteiger partial charge on any atom is -0.368 e. The zero-order valence-corrected chi connectivity index (χ0v) is 14.8. The van der Waals surface area contributed by atoms with E-state index in [0.717, 1.165) is 25.1 Å². The van der Waals surface area contributed by atoms with Gasteiger partial charge in [-0.15, -0.1) is 0 Å². The topological polar surface area (TPSA) is 54.5 Å². The van der Waals surface area contributed by atoms with Crippen molar-refractivity contribution in [3.05, 3.63) is 54.2 Å². The zero-order valence-electron chi connectivity index (χ0n) is 14.8. The maximum Gasteiger partial charge on any atom is 0.254 e. The molecule has 1 atom stereocenters. The largest absolute Gasteiger partial charge is 0.368 e. The summed E-state index contributed by atoms with van der Waals surface area (Å²) < 4.78 is 5.40. The van der Waals surface area contributed by atoms with Crippen molar-refractivity contribution in [1.82, 2.24) is 4.98 Å². The first-order chi connectivity index (χ1) is 12.1. The fourth-order valence-electron chi connectivity index (χ4n) is 2.97. The van der Waals surface area contributed by atoms with Gasteiger partial charge in [-0.05, 0) is 44.4 Å². The second-order valence-electron chi connectivity index (χ2n) is 6.60. The van der Waals surface area contributed by atoms with E-state index in [4.69, 9.17) is 4.74 Å². The maximum absolute atomic E-state index is 12.1. The van der Waals surface area contributed by atoms with Crippen molar-refractivity contribution in [1.29, 1.82) is 0 Å². The van der Waals surface area contributed by atoms with Gasteiger partial charge in [0.1, 0.15) is 11.9 Å². The van der Waals surface area contributed by atoms with Gasteiger partial charge in [0.25, 0.3) is 5.91 Å². The number of ether oxygens (including phenoxy) is 1. The number of benzene rings is 1. The van der Waals surface area contributed by atoms with Crippen LogP contribution in [0.4, 0.5) is 11.5 Å². The van der Waals surface area contributed by atoms with E-state index < -0.39 is 0 Å². The van der Waals surface area contributed by atoms with E-state index in [9.17, 15) is 4.79 Å². The SMILES string of the molecule is CC(C)N(Cc1ccccc1)c1ccc(NC(=O)C2CCCO2)nc1. The fourth-order valence-corrected chi connectivity index (χ4v) is 2.97. The van der Waals surface area contributed by atoms with Gasteiger partial charge in [0.05, 0.1) is 11.9 Å². The maximum atomic E-state index is 12.1. The number of pyridine rings is 1. The summed E-state index contributed by atoms with van der Waals surface area (Å²) in [5, 5.41) is 2.84. The predicted molar refractivity (Wildman–Crippen MR) is 99.6 cm³/mol. The number of rotatable bonds is 6. The van der Waals surface area contributed by atoms with E-state index in [1.165, 1.54) is 5.56 Å². The normalized spacial score (nSPS) is 16.8. The molecular formula is C20H25N3O2. The van der Waals surface area contributed by atoms with Crippen LogP contribution in [0.1, 0.15) is 32.3 Å². The van der Waals surface area contributed by atoms with Crippen LogP contribution in [0.2, 0.25) is 0 Å². The summed E-state index contributed by atoms with van der Waals surface area (Å²) in [4.78, 5) is 18.8. The van der Waals surface area contributed by atoms with Gasteiger partial charge in [-0.3, -0.25) is 4.79 Å². The standard InChI is InChI=1S/C20H25N3O2/c1-15(2)23(14-16-7-4-3-5-8-16)17-10-11-19(21-13-17)22-20(24)18-9-6-12-25-18/h3-5,7-8,10-11,13,15,18H,6,9,12,14H2,1-2H3,(H,21,22,24). The highest BCUT2D eigenvalue weighted by Crippen LogP contribution is 2.21. The number of anilines is 2. The Kier molecular flexibility index (Phi) is 5.66. The molecule has 0 spiro atoms. The molecule has 1 amide bonds. The van der Waals surface area contributed by atoms with Crippen molar-refractivity contribution in [3.8, 4) is 0 Å². The molecule has 5 heteroatoms. The Morgan fingerprint density at radius 1 is 1.28 bits per heavy atom. The van der Waals surface area contributed by atoms with Crippen molar-refractivity contribution in [2.24, 2.45) is 0 Å². The number of nitrogens with zero attached hydrogens (tertiary/aromatic N) is 2. The number of nitrogens with one attached hydrogen (secondary N) is 1. The zero-order chi connectivity index (χ0) is 17.6. The molecule has 1 fully saturated rings. The summed E-state index contributed by atoms with van der Waals surface area (Å²) in [7, 11) is 0. The Balaban J connectivity index is 1.67. The highest BCUT2D eigenvalue weighted by atomic mass is 16.5. The Hall–Kier alpha value is -2.40. The van der Waals surface area contributed by atoms with E-state index in [2.05, 4.69) is 53.3 Å². The summed E-state index contributed by atoms with van der Waals surface area (Å²) in [6, 6.07) is 14.6. The van der Waals surface area contributed by atoms with E-state index in [0.29, 0.717) is 18.5 Å². The van der Waals surface area contributed by atoms with Gasteiger partial charge >= 0.3 is 0 Å². The van der Waals surface area contributed by atoms with Crippen LogP contribution in [0.25, 0.3) is 0 Å². The highest BCUT2D eigenvalue weighted by Gasteiger charge is 2.23. The quantitative estimate of drug-likeness (QED) is 0.873. The highest BCUT2D eigenvalue weighted by molar-refractivity contribution is 5.93. The third-order valence-electron chi connectivity index (χ3n) is 4.37. The second kappa shape index (κ2) is 8.12. The number of hydrogen-bond acceptors (Lipinski definition) is 4. The monoisotopic (exact) mass is 339 g/mol. The van der Waals surface area contributed by atoms with Crippen molar-refractivity contribution in [3.63, 3.8) is 0 Å². The minimum absolute atomic E-state index is 0.109. The molecule has 2 aromatic rings. The van der Waals surface area contributed by atoms with Gasteiger partial charge in [-0.25, -0.2) is 4.98 Å². The van der Waals surface area contributed by atoms with Crippen LogP contribution in [-0.4, -0.2) is 29.6 Å². The van der Waals surface area contributed by atoms with Gasteiger partial charge in [-0.2, -0.15) is 0 Å². The summed E-state index contributed by atoms with van der Waals surface area (Å²) in [5.74, 6) is 0.454. The molecule has 1 aromatic carbocycles. The van der Waals surface area contributed by atoms with Gasteiger partial charge in [0.2, 0.25) is 0 Å². The molecule has 2 heterocycles. The molecule has 1 unspecified atom stereocenters. The van der Waals surface area contributed by atoms with Gasteiger partial charge < -0.3 is 15.0 Å². The molecule has 0 saturated carbocycles. The molecule has 1 N–H and O–H groups in total. The Labute approximate surface area is 149 Å². The van der Waals surface area contributed by atoms with E-state index in [-0.39, 0.29) is 12.0 Å². The number of carbonyl (C=O) groups excluding carboxylic acids is 1. The van der Waals surface area contributed by atoms with Crippen LogP contribution in [0.3, 0.4) is 0 Å². The summed E-state index contributed by atoms with van der Waals surface area (Å²) in [6.07, 6.45) is 3.19. The lowest BCUT2D eigenvalue weighted by atomic mass is 10.1. The summed E-state index contributed by atoms with van der Waals surface area (Å²) in [6.45, 7) is 5.81. The molecule has 1 aliphatic heterocycles. The number of carbonyl (C=O) groups is 1. The molecule has 0 aliphatic carbocycles. The van der Waals surface area contributed by atoms with Crippen molar-refractivity contribution >= 4 is 17.4 Å². The number of amides is 1. The molecular weight excluding hydrogens is 314 g/mol. The molecule has 25 heavy (non-hydrogen) atoms. The summed E-state index contributed by atoms with van der Waals surface area (Å²) in [5.41, 5.74) is 2.29. The average molecular weight is 339 g/mol. The minimum atomic E-state index is -0.341.